The Kier molecular flexibility index (Phi) is 63.9. The third-order valence-electron chi connectivity index (χ3n) is 16.3. The molecule has 0 rings (SSSR count). The van der Waals surface area contributed by atoms with Gasteiger partial charge < -0.3 is 20.3 Å². The molecule has 0 fully saturated rings. The Balaban J connectivity index is 3.38. The molecule has 0 spiro atoms. The van der Waals surface area contributed by atoms with Crippen LogP contribution in [0.2, 0.25) is 0 Å². The van der Waals surface area contributed by atoms with Crippen molar-refractivity contribution in [2.45, 2.75) is 405 Å². The summed E-state index contributed by atoms with van der Waals surface area (Å²) in [7, 11) is 0. The molecule has 0 aromatic heterocycles. The summed E-state index contributed by atoms with van der Waals surface area (Å²) in [6.07, 6.45) is 79.6. The molecular formula is C69H135NO5. The molecule has 75 heavy (non-hydrogen) atoms. The second kappa shape index (κ2) is 65.1. The van der Waals surface area contributed by atoms with Crippen LogP contribution >= 0.6 is 0 Å². The summed E-state index contributed by atoms with van der Waals surface area (Å²) in [5.74, 6) is -0.0259. The Morgan fingerprint density at radius 1 is 0.360 bits per heavy atom. The standard InChI is InChI=1S/C69H135NO5/c1-3-5-7-9-11-13-15-17-19-20-21-22-24-27-30-34-37-41-45-49-53-57-61-67(72)66(65-71)70-68(73)62-58-54-50-46-42-38-35-31-28-25-23-26-29-32-36-40-44-48-52-56-60-64-75-69(74)63-59-55-51-47-43-39-33-18-16-14-12-10-8-6-4-2/h18,33,66-67,71-72H,3-17,19-32,34-65H2,1-2H3,(H,70,73)/b33-18-. The van der Waals surface area contributed by atoms with Gasteiger partial charge in [0.25, 0.3) is 0 Å². The van der Waals surface area contributed by atoms with Gasteiger partial charge in [0.05, 0.1) is 25.4 Å². The number of esters is 1. The van der Waals surface area contributed by atoms with Gasteiger partial charge in [0.1, 0.15) is 0 Å². The lowest BCUT2D eigenvalue weighted by molar-refractivity contribution is -0.143. The lowest BCUT2D eigenvalue weighted by atomic mass is 10.0. The van der Waals surface area contributed by atoms with E-state index in [1.54, 1.807) is 0 Å². The number of nitrogens with one attached hydrogen (secondary N) is 1. The summed E-state index contributed by atoms with van der Waals surface area (Å²) in [6.45, 7) is 4.98. The molecule has 2 unspecified atom stereocenters. The SMILES string of the molecule is CCCCCCCC/C=C\CCCCCCCC(=O)OCCCCCCCCCCCCCCCCCCCCCCCC(=O)NC(CO)C(O)CCCCCCCCCCCCCCCCCCCCCCCC. The largest absolute Gasteiger partial charge is 0.466 e. The predicted octanol–water partition coefficient (Wildman–Crippen LogP) is 22.0. The highest BCUT2D eigenvalue weighted by Crippen LogP contribution is 2.19. The zero-order chi connectivity index (χ0) is 54.3. The van der Waals surface area contributed by atoms with Gasteiger partial charge in [-0.05, 0) is 51.4 Å². The molecule has 0 aromatic carbocycles. The van der Waals surface area contributed by atoms with Gasteiger partial charge in [0, 0.05) is 12.8 Å². The second-order valence-electron chi connectivity index (χ2n) is 23.9. The number of allylic oxidation sites excluding steroid dienone is 2. The fourth-order valence-electron chi connectivity index (χ4n) is 11.1. The van der Waals surface area contributed by atoms with E-state index in [0.717, 1.165) is 44.9 Å². The Morgan fingerprint density at radius 2 is 0.627 bits per heavy atom. The second-order valence-corrected chi connectivity index (χ2v) is 23.9. The molecule has 0 aromatic rings. The number of carbonyl (C=O) groups excluding carboxylic acids is 2. The predicted molar refractivity (Wildman–Crippen MR) is 329 cm³/mol. The summed E-state index contributed by atoms with van der Waals surface area (Å²) in [4.78, 5) is 24.6. The number of amides is 1. The Hall–Kier alpha value is -1.40. The number of unbranched alkanes of at least 4 members (excludes halogenated alkanes) is 52. The molecule has 2 atom stereocenters. The number of hydrogen-bond donors (Lipinski definition) is 3. The van der Waals surface area contributed by atoms with Gasteiger partial charge in [-0.3, -0.25) is 9.59 Å². The maximum Gasteiger partial charge on any atom is 0.305 e. The van der Waals surface area contributed by atoms with Crippen LogP contribution in [0.1, 0.15) is 393 Å². The van der Waals surface area contributed by atoms with Crippen molar-refractivity contribution in [2.75, 3.05) is 13.2 Å². The van der Waals surface area contributed by atoms with Crippen molar-refractivity contribution in [1.29, 1.82) is 0 Å². The van der Waals surface area contributed by atoms with E-state index in [2.05, 4.69) is 31.3 Å². The first-order valence-corrected chi connectivity index (χ1v) is 34.4. The van der Waals surface area contributed by atoms with Gasteiger partial charge >= 0.3 is 5.97 Å². The van der Waals surface area contributed by atoms with Gasteiger partial charge in [0.2, 0.25) is 5.91 Å². The third-order valence-corrected chi connectivity index (χ3v) is 16.3. The minimum atomic E-state index is -0.666. The normalized spacial score (nSPS) is 12.5. The number of aliphatic hydroxyl groups is 2. The molecule has 0 radical (unpaired) electrons. The summed E-state index contributed by atoms with van der Waals surface area (Å²) >= 11 is 0. The highest BCUT2D eigenvalue weighted by Gasteiger charge is 2.20. The van der Waals surface area contributed by atoms with Crippen LogP contribution in [0, 0.1) is 0 Å². The van der Waals surface area contributed by atoms with Crippen molar-refractivity contribution >= 4 is 11.9 Å². The molecule has 6 nitrogen and oxygen atoms in total. The number of hydrogen-bond acceptors (Lipinski definition) is 5. The quantitative estimate of drug-likeness (QED) is 0.0320. The zero-order valence-electron chi connectivity index (χ0n) is 51.1. The molecule has 0 aliphatic carbocycles. The van der Waals surface area contributed by atoms with Crippen molar-refractivity contribution in [3.8, 4) is 0 Å². The molecule has 0 aliphatic rings. The molecule has 3 N–H and O–H groups in total. The van der Waals surface area contributed by atoms with Crippen LogP contribution in [0.5, 0.6) is 0 Å². The average molecular weight is 1060 g/mol. The van der Waals surface area contributed by atoms with Gasteiger partial charge in [0.15, 0.2) is 0 Å². The Labute approximate surface area is 469 Å². The molecule has 0 aliphatic heterocycles. The van der Waals surface area contributed by atoms with Crippen molar-refractivity contribution < 1.29 is 24.5 Å². The van der Waals surface area contributed by atoms with E-state index in [1.807, 2.05) is 0 Å². The van der Waals surface area contributed by atoms with Crippen LogP contribution in [-0.4, -0.2) is 47.4 Å². The summed E-state index contributed by atoms with van der Waals surface area (Å²) in [6, 6.07) is -0.543. The van der Waals surface area contributed by atoms with Crippen molar-refractivity contribution in [3.63, 3.8) is 0 Å². The molecule has 6 heteroatoms. The molecule has 0 bridgehead atoms. The minimum absolute atomic E-state index is 0.00534. The van der Waals surface area contributed by atoms with Crippen LogP contribution < -0.4 is 5.32 Å². The maximum atomic E-state index is 12.5. The molecule has 1 amide bonds. The van der Waals surface area contributed by atoms with E-state index in [0.29, 0.717) is 25.9 Å². The van der Waals surface area contributed by atoms with Crippen molar-refractivity contribution in [1.82, 2.24) is 5.32 Å². The first-order valence-electron chi connectivity index (χ1n) is 34.4. The summed E-state index contributed by atoms with van der Waals surface area (Å²) in [5.41, 5.74) is 0. The lowest BCUT2D eigenvalue weighted by Crippen LogP contribution is -2.45. The van der Waals surface area contributed by atoms with Gasteiger partial charge in [-0.25, -0.2) is 0 Å². The van der Waals surface area contributed by atoms with Crippen LogP contribution in [-0.2, 0) is 14.3 Å². The molecular weight excluding hydrogens is 923 g/mol. The smallest absolute Gasteiger partial charge is 0.305 e. The van der Waals surface area contributed by atoms with Gasteiger partial charge in [-0.1, -0.05) is 341 Å². The van der Waals surface area contributed by atoms with Gasteiger partial charge in [-0.2, -0.15) is 0 Å². The van der Waals surface area contributed by atoms with E-state index in [1.165, 1.54) is 315 Å². The highest BCUT2D eigenvalue weighted by atomic mass is 16.5. The van der Waals surface area contributed by atoms with Crippen LogP contribution in [0.3, 0.4) is 0 Å². The third kappa shape index (κ3) is 61.7. The fraction of sp³-hybridized carbons (Fsp3) is 0.942. The van der Waals surface area contributed by atoms with E-state index < -0.39 is 12.1 Å². The van der Waals surface area contributed by atoms with E-state index >= 15 is 0 Å². The fourth-order valence-corrected chi connectivity index (χ4v) is 11.1. The molecule has 0 saturated carbocycles. The van der Waals surface area contributed by atoms with Crippen LogP contribution in [0.4, 0.5) is 0 Å². The number of ether oxygens (including phenoxy) is 1. The molecule has 0 heterocycles. The first kappa shape index (κ1) is 73.6. The Morgan fingerprint density at radius 3 is 0.947 bits per heavy atom. The van der Waals surface area contributed by atoms with Crippen LogP contribution in [0.25, 0.3) is 0 Å². The van der Waals surface area contributed by atoms with Gasteiger partial charge in [-0.15, -0.1) is 0 Å². The highest BCUT2D eigenvalue weighted by molar-refractivity contribution is 5.76. The average Bonchev–Trinajstić information content (AvgIpc) is 3.41. The zero-order valence-corrected chi connectivity index (χ0v) is 51.1. The van der Waals surface area contributed by atoms with E-state index in [-0.39, 0.29) is 18.5 Å². The molecule has 0 saturated heterocycles. The summed E-state index contributed by atoms with van der Waals surface area (Å²) in [5, 5.41) is 23.4. The monoisotopic (exact) mass is 1060 g/mol. The van der Waals surface area contributed by atoms with Crippen molar-refractivity contribution in [3.05, 3.63) is 12.2 Å². The number of carbonyl (C=O) groups is 2. The Bertz CT molecular complexity index is 1130. The maximum absolute atomic E-state index is 12.5. The minimum Gasteiger partial charge on any atom is -0.466 e. The summed E-state index contributed by atoms with van der Waals surface area (Å²) < 4.78 is 5.49. The number of rotatable bonds is 65. The first-order chi connectivity index (χ1) is 37.0. The van der Waals surface area contributed by atoms with Crippen molar-refractivity contribution in [2.24, 2.45) is 0 Å². The van der Waals surface area contributed by atoms with E-state index in [9.17, 15) is 19.8 Å². The van der Waals surface area contributed by atoms with E-state index in [4.69, 9.17) is 4.74 Å². The number of aliphatic hydroxyl groups excluding tert-OH is 2. The van der Waals surface area contributed by atoms with Crippen LogP contribution in [0.15, 0.2) is 12.2 Å². The molecule has 446 valence electrons. The lowest BCUT2D eigenvalue weighted by Gasteiger charge is -2.22. The topological polar surface area (TPSA) is 95.9 Å².